The molecule has 0 saturated carbocycles. The lowest BCUT2D eigenvalue weighted by atomic mass is 9.87. The van der Waals surface area contributed by atoms with E-state index >= 15 is 0 Å². The van der Waals surface area contributed by atoms with Gasteiger partial charge >= 0.3 is 0 Å². The Morgan fingerprint density at radius 2 is 0.407 bits per heavy atom. The highest BCUT2D eigenvalue weighted by molar-refractivity contribution is 6.23. The Kier molecular flexibility index (Phi) is 12.6. The van der Waals surface area contributed by atoms with Gasteiger partial charge in [0.15, 0.2) is 0 Å². The predicted octanol–water partition coefficient (Wildman–Crippen LogP) is 23.1. The fraction of sp³-hybridized carbons (Fsp3) is 0. The second-order valence-corrected chi connectivity index (χ2v) is 22.2. The van der Waals surface area contributed by atoms with Crippen molar-refractivity contribution in [2.24, 2.45) is 0 Å². The van der Waals surface area contributed by atoms with Crippen LogP contribution in [0.2, 0.25) is 0 Å². The van der Waals surface area contributed by atoms with Crippen LogP contribution in [-0.4, -0.2) is 9.13 Å². The maximum Gasteiger partial charge on any atom is 0.0618 e. The molecule has 0 fully saturated rings. The molecule has 0 saturated heterocycles. The molecule has 0 aliphatic carbocycles. The topological polar surface area (TPSA) is 9.86 Å². The van der Waals surface area contributed by atoms with Gasteiger partial charge in [-0.05, 0) is 118 Å². The molecule has 2 heteroatoms. The minimum atomic E-state index is 1.00. The number of nitrogens with zero attached hydrogens (tertiary/aromatic N) is 2. The zero-order valence-electron chi connectivity index (χ0n) is 47.2. The maximum atomic E-state index is 2.60. The Labute approximate surface area is 499 Å². The quantitative estimate of drug-likeness (QED) is 0.151. The number of aromatic nitrogens is 2. The van der Waals surface area contributed by atoms with Crippen LogP contribution in [0.15, 0.2) is 340 Å². The van der Waals surface area contributed by atoms with Crippen molar-refractivity contribution in [1.29, 1.82) is 0 Å². The molecule has 0 atom stereocenters. The summed E-state index contributed by atoms with van der Waals surface area (Å²) in [7, 11) is 0. The second kappa shape index (κ2) is 21.5. The Bertz CT molecular complexity index is 5110. The SMILES string of the molecule is c1ccc(-c2cccc(-c3ccccc3)c2-c2cc(-n3c4ccccc4c4ccccc4c4ccccc4c4cccc(-c5ccccc5)c43)cc(-n3c4ccccc4c4ccccc4c4ccccc4c4cccc(-c5ccccc5)c43)c2)cc1. The van der Waals surface area contributed by atoms with E-state index in [1.807, 2.05) is 0 Å². The van der Waals surface area contributed by atoms with Crippen LogP contribution < -0.4 is 0 Å². The highest BCUT2D eigenvalue weighted by Crippen LogP contribution is 2.46. The molecule has 402 valence electrons. The van der Waals surface area contributed by atoms with Crippen molar-refractivity contribution in [2.45, 2.75) is 0 Å². The summed E-state index contributed by atoms with van der Waals surface area (Å²) in [5, 5.41) is 13.9. The van der Waals surface area contributed by atoms with E-state index in [2.05, 4.69) is 349 Å². The average Bonchev–Trinajstić information content (AvgIpc) is 3.06. The van der Waals surface area contributed by atoms with Crippen molar-refractivity contribution < 1.29 is 0 Å². The molecule has 2 aromatic heterocycles. The van der Waals surface area contributed by atoms with Gasteiger partial charge in [0.25, 0.3) is 0 Å². The fourth-order valence-corrected chi connectivity index (χ4v) is 13.7. The smallest absolute Gasteiger partial charge is 0.0618 e. The van der Waals surface area contributed by atoms with Gasteiger partial charge in [0.05, 0.1) is 22.1 Å². The first kappa shape index (κ1) is 50.4. The van der Waals surface area contributed by atoms with Crippen LogP contribution in [0.4, 0.5) is 0 Å². The molecule has 0 aliphatic heterocycles. The van der Waals surface area contributed by atoms with Gasteiger partial charge in [-0.1, -0.05) is 309 Å². The number of para-hydroxylation sites is 4. The largest absolute Gasteiger partial charge is 0.309 e. The van der Waals surface area contributed by atoms with Crippen molar-refractivity contribution in [3.05, 3.63) is 340 Å². The molecule has 16 rings (SSSR count). The van der Waals surface area contributed by atoms with Crippen LogP contribution in [0.1, 0.15) is 0 Å². The van der Waals surface area contributed by atoms with Crippen molar-refractivity contribution in [1.82, 2.24) is 9.13 Å². The van der Waals surface area contributed by atoms with Gasteiger partial charge < -0.3 is 9.13 Å². The summed E-state index contributed by atoms with van der Waals surface area (Å²) in [5.41, 5.74) is 17.6. The minimum Gasteiger partial charge on any atom is -0.309 e. The zero-order valence-corrected chi connectivity index (χ0v) is 47.2. The minimum absolute atomic E-state index is 1.00. The molecule has 0 aliphatic rings. The molecule has 0 radical (unpaired) electrons. The van der Waals surface area contributed by atoms with Crippen LogP contribution in [0.25, 0.3) is 154 Å². The number of hydrogen-bond donors (Lipinski definition) is 0. The summed E-state index contributed by atoms with van der Waals surface area (Å²) in [6.07, 6.45) is 0. The summed E-state index contributed by atoms with van der Waals surface area (Å²) in [4.78, 5) is 0. The highest BCUT2D eigenvalue weighted by atomic mass is 15.0. The molecular formula is C84H56N2. The van der Waals surface area contributed by atoms with Crippen LogP contribution in [0.3, 0.4) is 0 Å². The standard InChI is InChI=1S/C84H56N2/c1-5-28-57(29-6-1)64-46-25-47-65(58-30-7-2-8-31-58)82(64)61-54-62(85-80-52-23-21-44-76(80)72-40-17-13-36-68(72)70-38-15-19-42-74(70)78-50-26-48-66(83(78)85)59-32-9-3-10-33-59)56-63(55-61)86-81-53-24-22-45-77(81)73-41-18-14-37-69(73)71-39-16-20-43-75(71)79-51-27-49-67(84(79)86)60-34-11-4-12-35-60/h1-56H. The van der Waals surface area contributed by atoms with Gasteiger partial charge in [-0.2, -0.15) is 0 Å². The molecular weight excluding hydrogens is 1040 g/mol. The first-order valence-electron chi connectivity index (χ1n) is 29.7. The lowest BCUT2D eigenvalue weighted by molar-refractivity contribution is 1.13. The van der Waals surface area contributed by atoms with E-state index in [1.165, 1.54) is 32.3 Å². The number of rotatable bonds is 7. The van der Waals surface area contributed by atoms with E-state index in [0.29, 0.717) is 0 Å². The third-order valence-corrected chi connectivity index (χ3v) is 17.4. The molecule has 0 spiro atoms. The Balaban J connectivity index is 1.21. The van der Waals surface area contributed by atoms with E-state index in [9.17, 15) is 0 Å². The molecule has 0 N–H and O–H groups in total. The van der Waals surface area contributed by atoms with E-state index in [-0.39, 0.29) is 0 Å². The van der Waals surface area contributed by atoms with Crippen molar-refractivity contribution in [3.63, 3.8) is 0 Å². The molecule has 0 bridgehead atoms. The van der Waals surface area contributed by atoms with Gasteiger partial charge in [0.1, 0.15) is 0 Å². The first-order chi connectivity index (χ1) is 42.7. The Morgan fingerprint density at radius 3 is 0.756 bits per heavy atom. The van der Waals surface area contributed by atoms with Crippen molar-refractivity contribution >= 4 is 86.7 Å². The van der Waals surface area contributed by atoms with E-state index in [0.717, 1.165) is 121 Å². The van der Waals surface area contributed by atoms with Gasteiger partial charge in [-0.25, -0.2) is 0 Å². The third-order valence-electron chi connectivity index (χ3n) is 17.4. The van der Waals surface area contributed by atoms with E-state index in [1.54, 1.807) is 0 Å². The van der Waals surface area contributed by atoms with Crippen molar-refractivity contribution in [2.75, 3.05) is 0 Å². The summed E-state index contributed by atoms with van der Waals surface area (Å²) in [6.45, 7) is 0. The fourth-order valence-electron chi connectivity index (χ4n) is 13.7. The van der Waals surface area contributed by atoms with Crippen LogP contribution in [0, 0.1) is 0 Å². The Morgan fingerprint density at radius 1 is 0.163 bits per heavy atom. The molecule has 2 nitrogen and oxygen atoms in total. The molecule has 0 unspecified atom stereocenters. The lowest BCUT2D eigenvalue weighted by Crippen LogP contribution is -2.05. The third kappa shape index (κ3) is 8.58. The molecule has 16 aromatic rings. The number of benzene rings is 14. The summed E-state index contributed by atoms with van der Waals surface area (Å²) in [5.74, 6) is 0. The summed E-state index contributed by atoms with van der Waals surface area (Å²) < 4.78 is 5.20. The summed E-state index contributed by atoms with van der Waals surface area (Å²) >= 11 is 0. The number of fused-ring (bicyclic) bond motifs is 14. The molecule has 2 heterocycles. The average molecular weight is 1090 g/mol. The van der Waals surface area contributed by atoms with Crippen molar-refractivity contribution in [3.8, 4) is 67.0 Å². The molecule has 86 heavy (non-hydrogen) atoms. The first-order valence-corrected chi connectivity index (χ1v) is 29.7. The van der Waals surface area contributed by atoms with Gasteiger partial charge in [0.2, 0.25) is 0 Å². The van der Waals surface area contributed by atoms with Gasteiger partial charge in [-0.3, -0.25) is 0 Å². The lowest BCUT2D eigenvalue weighted by Gasteiger charge is -2.23. The van der Waals surface area contributed by atoms with Crippen LogP contribution >= 0.6 is 0 Å². The van der Waals surface area contributed by atoms with Gasteiger partial charge in [-0.15, -0.1) is 0 Å². The zero-order chi connectivity index (χ0) is 56.9. The normalized spacial score (nSPS) is 11.5. The summed E-state index contributed by atoms with van der Waals surface area (Å²) in [6, 6.07) is 126. The van der Waals surface area contributed by atoms with E-state index in [4.69, 9.17) is 0 Å². The van der Waals surface area contributed by atoms with E-state index < -0.39 is 0 Å². The highest BCUT2D eigenvalue weighted by Gasteiger charge is 2.22. The maximum absolute atomic E-state index is 2.60. The molecule has 14 aromatic carbocycles. The van der Waals surface area contributed by atoms with Crippen LogP contribution in [-0.2, 0) is 0 Å². The second-order valence-electron chi connectivity index (χ2n) is 22.2. The predicted molar refractivity (Wildman–Crippen MR) is 368 cm³/mol. The molecule has 0 amide bonds. The monoisotopic (exact) mass is 1090 g/mol. The Hall–Kier alpha value is -11.3. The number of hydrogen-bond acceptors (Lipinski definition) is 0. The van der Waals surface area contributed by atoms with Gasteiger partial charge in [0, 0.05) is 44.0 Å². The van der Waals surface area contributed by atoms with Crippen LogP contribution in [0.5, 0.6) is 0 Å².